The molecule has 4 heteroatoms. The van der Waals surface area contributed by atoms with Crippen LogP contribution in [-0.2, 0) is 4.79 Å². The standard InChI is InChI=1S/C4H3NO3/c1-2-4(6)3-5(7)8/h1H,3H2. The van der Waals surface area contributed by atoms with Crippen molar-refractivity contribution in [2.45, 2.75) is 0 Å². The fraction of sp³-hybridized carbons (Fsp3) is 0.250. The smallest absolute Gasteiger partial charge is 0.275 e. The van der Waals surface area contributed by atoms with E-state index in [1.54, 1.807) is 5.92 Å². The molecule has 0 aromatic heterocycles. The first-order chi connectivity index (χ1) is 3.66. The number of nitrogens with zero attached hydrogens (tertiary/aromatic N) is 1. The third-order valence-electron chi connectivity index (χ3n) is 0.434. The second-order valence-electron chi connectivity index (χ2n) is 1.06. The van der Waals surface area contributed by atoms with Crippen molar-refractivity contribution < 1.29 is 9.72 Å². The quantitative estimate of drug-likeness (QED) is 0.209. The zero-order valence-corrected chi connectivity index (χ0v) is 3.96. The molecule has 4 nitrogen and oxygen atoms in total. The Hall–Kier alpha value is -1.37. The van der Waals surface area contributed by atoms with Crippen LogP contribution in [0.2, 0.25) is 0 Å². The summed E-state index contributed by atoms with van der Waals surface area (Å²) in [6.07, 6.45) is 4.52. The fourth-order valence-electron chi connectivity index (χ4n) is 0.163. The molecular weight excluding hydrogens is 110 g/mol. The number of Topliss-reactive ketones (excluding diaryl/α,β-unsaturated/α-hetero) is 1. The number of hydrogen-bond donors (Lipinski definition) is 0. The van der Waals surface area contributed by atoms with Crippen LogP contribution in [0.3, 0.4) is 0 Å². The summed E-state index contributed by atoms with van der Waals surface area (Å²) in [6.45, 7) is -0.767. The molecule has 42 valence electrons. The van der Waals surface area contributed by atoms with Crippen molar-refractivity contribution in [2.24, 2.45) is 0 Å². The molecule has 0 saturated carbocycles. The van der Waals surface area contributed by atoms with Crippen molar-refractivity contribution in [3.63, 3.8) is 0 Å². The highest BCUT2D eigenvalue weighted by atomic mass is 16.6. The number of ketones is 1. The largest absolute Gasteiger partial charge is 0.277 e. The summed E-state index contributed by atoms with van der Waals surface area (Å²) in [5, 5.41) is 9.46. The van der Waals surface area contributed by atoms with Gasteiger partial charge in [-0.15, -0.1) is 6.42 Å². The topological polar surface area (TPSA) is 60.2 Å². The van der Waals surface area contributed by atoms with Gasteiger partial charge in [0.1, 0.15) is 0 Å². The lowest BCUT2D eigenvalue weighted by atomic mass is 10.4. The van der Waals surface area contributed by atoms with Crippen molar-refractivity contribution in [2.75, 3.05) is 6.54 Å². The van der Waals surface area contributed by atoms with E-state index in [1.165, 1.54) is 0 Å². The maximum atomic E-state index is 9.94. The fourth-order valence-corrected chi connectivity index (χ4v) is 0.163. The zero-order valence-electron chi connectivity index (χ0n) is 3.96. The van der Waals surface area contributed by atoms with Gasteiger partial charge in [0.25, 0.3) is 12.3 Å². The van der Waals surface area contributed by atoms with Crippen molar-refractivity contribution in [1.29, 1.82) is 0 Å². The van der Waals surface area contributed by atoms with Crippen LogP contribution in [-0.4, -0.2) is 17.3 Å². The molecule has 0 radical (unpaired) electrons. The summed E-state index contributed by atoms with van der Waals surface area (Å²) in [4.78, 5) is 18.6. The van der Waals surface area contributed by atoms with E-state index < -0.39 is 17.3 Å². The van der Waals surface area contributed by atoms with Crippen molar-refractivity contribution in [3.8, 4) is 12.3 Å². The lowest BCUT2D eigenvalue weighted by Crippen LogP contribution is -2.10. The minimum absolute atomic E-state index is 0.762. The van der Waals surface area contributed by atoms with Gasteiger partial charge in [-0.25, -0.2) is 0 Å². The number of carbonyl (C=O) groups excluding carboxylic acids is 1. The van der Waals surface area contributed by atoms with Gasteiger partial charge in [-0.05, 0) is 5.92 Å². The Morgan fingerprint density at radius 2 is 2.38 bits per heavy atom. The summed E-state index contributed by atoms with van der Waals surface area (Å²) in [5.41, 5.74) is 0. The maximum absolute atomic E-state index is 9.94. The second kappa shape index (κ2) is 2.75. The van der Waals surface area contributed by atoms with Gasteiger partial charge in [0.05, 0.1) is 0 Å². The predicted molar refractivity (Wildman–Crippen MR) is 25.7 cm³/mol. The molecule has 0 rings (SSSR count). The van der Waals surface area contributed by atoms with Crippen molar-refractivity contribution in [1.82, 2.24) is 0 Å². The molecule has 8 heavy (non-hydrogen) atoms. The lowest BCUT2D eigenvalue weighted by Gasteiger charge is -1.80. The molecule has 0 spiro atoms. The molecule has 0 aliphatic heterocycles. The summed E-state index contributed by atoms with van der Waals surface area (Å²) < 4.78 is 0. The molecule has 0 bridgehead atoms. The Bertz CT molecular complexity index is 155. The molecule has 0 aromatic rings. The van der Waals surface area contributed by atoms with Gasteiger partial charge in [0.2, 0.25) is 0 Å². The maximum Gasteiger partial charge on any atom is 0.275 e. The van der Waals surface area contributed by atoms with Crippen LogP contribution in [0.15, 0.2) is 0 Å². The highest BCUT2D eigenvalue weighted by molar-refractivity contribution is 5.95. The molecule has 0 atom stereocenters. The van der Waals surface area contributed by atoms with Crippen LogP contribution in [0, 0.1) is 22.5 Å². The van der Waals surface area contributed by atoms with E-state index in [0.29, 0.717) is 0 Å². The number of hydrogen-bond acceptors (Lipinski definition) is 3. The summed E-state index contributed by atoms with van der Waals surface area (Å²) in [5.74, 6) is 0.819. The minimum atomic E-state index is -0.796. The van der Waals surface area contributed by atoms with Crippen LogP contribution in [0.4, 0.5) is 0 Å². The molecule has 0 aromatic carbocycles. The van der Waals surface area contributed by atoms with Gasteiger partial charge in [-0.2, -0.15) is 0 Å². The van der Waals surface area contributed by atoms with Crippen molar-refractivity contribution in [3.05, 3.63) is 10.1 Å². The number of carbonyl (C=O) groups is 1. The molecule has 0 aliphatic rings. The van der Waals surface area contributed by atoms with Crippen LogP contribution in [0.25, 0.3) is 0 Å². The van der Waals surface area contributed by atoms with Crippen LogP contribution in [0.5, 0.6) is 0 Å². The first-order valence-electron chi connectivity index (χ1n) is 1.78. The van der Waals surface area contributed by atoms with E-state index in [4.69, 9.17) is 0 Å². The van der Waals surface area contributed by atoms with Gasteiger partial charge in [-0.3, -0.25) is 14.9 Å². The summed E-state index contributed by atoms with van der Waals surface area (Å²) >= 11 is 0. The van der Waals surface area contributed by atoms with Gasteiger partial charge >= 0.3 is 0 Å². The zero-order chi connectivity index (χ0) is 6.57. The third kappa shape index (κ3) is 2.85. The van der Waals surface area contributed by atoms with E-state index in [0.717, 1.165) is 0 Å². The summed E-state index contributed by atoms with van der Waals surface area (Å²) in [7, 11) is 0. The molecule has 0 saturated heterocycles. The van der Waals surface area contributed by atoms with E-state index in [1.807, 2.05) is 0 Å². The molecule has 0 unspecified atom stereocenters. The average Bonchev–Trinajstić information content (AvgIpc) is 1.65. The van der Waals surface area contributed by atoms with Gasteiger partial charge < -0.3 is 0 Å². The third-order valence-corrected chi connectivity index (χ3v) is 0.434. The highest BCUT2D eigenvalue weighted by Gasteiger charge is 2.02. The Kier molecular flexibility index (Phi) is 2.28. The predicted octanol–water partition coefficient (Wildman–Crippen LogP) is -0.535. The Balaban J connectivity index is 3.61. The van der Waals surface area contributed by atoms with Crippen LogP contribution >= 0.6 is 0 Å². The van der Waals surface area contributed by atoms with Crippen molar-refractivity contribution >= 4 is 5.78 Å². The van der Waals surface area contributed by atoms with E-state index in [2.05, 4.69) is 6.42 Å². The van der Waals surface area contributed by atoms with Crippen LogP contribution in [0.1, 0.15) is 0 Å². The molecule has 0 aliphatic carbocycles. The van der Waals surface area contributed by atoms with E-state index in [9.17, 15) is 14.9 Å². The molecule has 0 fully saturated rings. The number of nitro groups is 1. The number of terminal acetylenes is 1. The molecule has 0 amide bonds. The monoisotopic (exact) mass is 113 g/mol. The highest BCUT2D eigenvalue weighted by Crippen LogP contribution is 1.69. The Labute approximate surface area is 45.6 Å². The van der Waals surface area contributed by atoms with Gasteiger partial charge in [0, 0.05) is 4.92 Å². The van der Waals surface area contributed by atoms with Gasteiger partial charge in [0.15, 0.2) is 0 Å². The molecule has 0 heterocycles. The van der Waals surface area contributed by atoms with Crippen LogP contribution < -0.4 is 0 Å². The van der Waals surface area contributed by atoms with E-state index in [-0.39, 0.29) is 0 Å². The Morgan fingerprint density at radius 3 is 2.50 bits per heavy atom. The number of rotatable bonds is 2. The SMILES string of the molecule is C#CC(=O)C[N+](=O)[O-]. The first kappa shape index (κ1) is 6.63. The Morgan fingerprint density at radius 1 is 1.88 bits per heavy atom. The average molecular weight is 113 g/mol. The molecular formula is C4H3NO3. The first-order valence-corrected chi connectivity index (χ1v) is 1.78. The molecule has 0 N–H and O–H groups in total. The van der Waals surface area contributed by atoms with E-state index >= 15 is 0 Å². The summed E-state index contributed by atoms with van der Waals surface area (Å²) in [6, 6.07) is 0. The normalized spacial score (nSPS) is 7.38. The van der Waals surface area contributed by atoms with Gasteiger partial charge in [-0.1, -0.05) is 0 Å². The lowest BCUT2D eigenvalue weighted by molar-refractivity contribution is -0.466. The minimum Gasteiger partial charge on any atom is -0.277 e. The second-order valence-corrected chi connectivity index (χ2v) is 1.06.